The summed E-state index contributed by atoms with van der Waals surface area (Å²) in [6.45, 7) is 0.350. The fraction of sp³-hybridized carbons (Fsp3) is 0.267. The second-order valence-electron chi connectivity index (χ2n) is 10.4. The van der Waals surface area contributed by atoms with Crippen molar-refractivity contribution in [1.82, 2.24) is 19.8 Å². The highest BCUT2D eigenvalue weighted by Gasteiger charge is 2.22. The van der Waals surface area contributed by atoms with Gasteiger partial charge < -0.3 is 30.5 Å². The SMILES string of the molecule is COc1cc(NC(=O)CN(C)C)cc(Nc2nc3ccccc3nc2CS(=O)(=O)c2cccc(NC(=O)CN(C)C)c2)c1. The number of benzene rings is 3. The lowest BCUT2D eigenvalue weighted by Gasteiger charge is -2.16. The van der Waals surface area contributed by atoms with Crippen molar-refractivity contribution < 1.29 is 22.7 Å². The van der Waals surface area contributed by atoms with E-state index < -0.39 is 15.6 Å². The predicted molar refractivity (Wildman–Crippen MR) is 168 cm³/mol. The van der Waals surface area contributed by atoms with Gasteiger partial charge in [-0.15, -0.1) is 0 Å². The normalized spacial score (nSPS) is 11.5. The number of amides is 2. The smallest absolute Gasteiger partial charge is 0.238 e. The summed E-state index contributed by atoms with van der Waals surface area (Å²) in [6, 6.07) is 18.3. The topological polar surface area (TPSA) is 146 Å². The molecule has 0 aliphatic heterocycles. The molecule has 1 heterocycles. The molecule has 0 atom stereocenters. The van der Waals surface area contributed by atoms with Crippen LogP contribution in [-0.2, 0) is 25.2 Å². The molecule has 0 saturated carbocycles. The summed E-state index contributed by atoms with van der Waals surface area (Å²) in [5.74, 6) is -0.222. The Morgan fingerprint density at radius 3 is 2.00 bits per heavy atom. The van der Waals surface area contributed by atoms with Crippen molar-refractivity contribution in [1.29, 1.82) is 0 Å². The number of para-hydroxylation sites is 2. The lowest BCUT2D eigenvalue weighted by molar-refractivity contribution is -0.117. The van der Waals surface area contributed by atoms with Crippen molar-refractivity contribution in [3.63, 3.8) is 0 Å². The Bertz CT molecular complexity index is 1740. The third-order valence-corrected chi connectivity index (χ3v) is 7.68. The van der Waals surface area contributed by atoms with Crippen LogP contribution in [0.25, 0.3) is 11.0 Å². The highest BCUT2D eigenvalue weighted by Crippen LogP contribution is 2.30. The van der Waals surface area contributed by atoms with Crippen molar-refractivity contribution in [3.8, 4) is 5.75 Å². The van der Waals surface area contributed by atoms with Gasteiger partial charge in [0.25, 0.3) is 0 Å². The van der Waals surface area contributed by atoms with Gasteiger partial charge in [0.1, 0.15) is 11.5 Å². The number of hydrogen-bond acceptors (Lipinski definition) is 10. The summed E-state index contributed by atoms with van der Waals surface area (Å²) >= 11 is 0. The van der Waals surface area contributed by atoms with E-state index in [1.165, 1.54) is 19.2 Å². The monoisotopic (exact) mass is 605 g/mol. The number of nitrogens with one attached hydrogen (secondary N) is 3. The highest BCUT2D eigenvalue weighted by molar-refractivity contribution is 7.90. The first-order valence-electron chi connectivity index (χ1n) is 13.4. The Kier molecular flexibility index (Phi) is 9.91. The van der Waals surface area contributed by atoms with Gasteiger partial charge in [-0.2, -0.15) is 0 Å². The van der Waals surface area contributed by atoms with E-state index in [1.807, 2.05) is 6.07 Å². The van der Waals surface area contributed by atoms with Crippen LogP contribution in [0.1, 0.15) is 5.69 Å². The minimum Gasteiger partial charge on any atom is -0.497 e. The van der Waals surface area contributed by atoms with Gasteiger partial charge >= 0.3 is 0 Å². The number of ether oxygens (including phenoxy) is 1. The highest BCUT2D eigenvalue weighted by atomic mass is 32.2. The quantitative estimate of drug-likeness (QED) is 0.220. The Morgan fingerprint density at radius 1 is 0.767 bits per heavy atom. The number of aromatic nitrogens is 2. The Hall–Kier alpha value is -4.59. The number of anilines is 4. The number of carbonyl (C=O) groups is 2. The fourth-order valence-corrected chi connectivity index (χ4v) is 5.56. The summed E-state index contributed by atoms with van der Waals surface area (Å²) in [4.78, 5) is 37.4. The molecule has 0 spiro atoms. The van der Waals surface area contributed by atoms with Gasteiger partial charge in [0.15, 0.2) is 15.7 Å². The minimum atomic E-state index is -3.92. The van der Waals surface area contributed by atoms with Crippen molar-refractivity contribution in [3.05, 3.63) is 72.4 Å². The van der Waals surface area contributed by atoms with Gasteiger partial charge in [0, 0.05) is 29.2 Å². The second kappa shape index (κ2) is 13.6. The number of methoxy groups -OCH3 is 1. The molecule has 1 aromatic heterocycles. The second-order valence-corrected chi connectivity index (χ2v) is 12.4. The molecule has 0 bridgehead atoms. The van der Waals surface area contributed by atoms with Gasteiger partial charge in [-0.25, -0.2) is 18.4 Å². The Morgan fingerprint density at radius 2 is 1.37 bits per heavy atom. The molecule has 0 unspecified atom stereocenters. The minimum absolute atomic E-state index is 0.0309. The van der Waals surface area contributed by atoms with Crippen molar-refractivity contribution in [2.24, 2.45) is 0 Å². The number of nitrogens with zero attached hydrogens (tertiary/aromatic N) is 4. The van der Waals surface area contributed by atoms with Crippen LogP contribution in [0.5, 0.6) is 5.75 Å². The van der Waals surface area contributed by atoms with Crippen molar-refractivity contribution in [2.75, 3.05) is 64.3 Å². The number of carbonyl (C=O) groups excluding carboxylic acids is 2. The van der Waals surface area contributed by atoms with Crippen molar-refractivity contribution >= 4 is 55.6 Å². The molecule has 0 radical (unpaired) electrons. The molecular weight excluding hydrogens is 570 g/mol. The first kappa shape index (κ1) is 31.3. The van der Waals surface area contributed by atoms with E-state index >= 15 is 0 Å². The Balaban J connectivity index is 1.68. The average molecular weight is 606 g/mol. The fourth-order valence-electron chi connectivity index (χ4n) is 4.24. The predicted octanol–water partition coefficient (Wildman–Crippen LogP) is 3.36. The molecule has 13 heteroatoms. The molecule has 3 N–H and O–H groups in total. The van der Waals surface area contributed by atoms with E-state index in [0.717, 1.165) is 0 Å². The Labute approximate surface area is 251 Å². The molecule has 0 aliphatic rings. The molecule has 12 nitrogen and oxygen atoms in total. The maximum atomic E-state index is 13.6. The summed E-state index contributed by atoms with van der Waals surface area (Å²) in [7, 11) is 4.72. The van der Waals surface area contributed by atoms with Crippen LogP contribution in [0.3, 0.4) is 0 Å². The molecule has 226 valence electrons. The standard InChI is InChI=1S/C30H35N7O5S/c1-36(2)17-28(38)31-20-9-8-10-24(16-20)43(40,41)19-27-30(35-26-12-7-6-11-25(26)34-27)33-22-13-21(14-23(15-22)42-5)32-29(39)18-37(3)4/h6-16H,17-19H2,1-5H3,(H,31,38)(H,32,39)(H,33,35). The maximum absolute atomic E-state index is 13.6. The van der Waals surface area contributed by atoms with E-state index in [4.69, 9.17) is 4.74 Å². The molecule has 4 aromatic rings. The molecule has 2 amide bonds. The van der Waals surface area contributed by atoms with Gasteiger partial charge in [-0.05, 0) is 64.6 Å². The van der Waals surface area contributed by atoms with E-state index in [1.54, 1.807) is 86.5 Å². The van der Waals surface area contributed by atoms with Gasteiger partial charge in [-0.1, -0.05) is 18.2 Å². The van der Waals surface area contributed by atoms with Crippen LogP contribution < -0.4 is 20.7 Å². The van der Waals surface area contributed by atoms with Crippen molar-refractivity contribution in [2.45, 2.75) is 10.6 Å². The van der Waals surface area contributed by atoms with Gasteiger partial charge in [0.05, 0.1) is 41.8 Å². The van der Waals surface area contributed by atoms with E-state index in [9.17, 15) is 18.0 Å². The molecular formula is C30H35N7O5S. The summed E-state index contributed by atoms with van der Waals surface area (Å²) < 4.78 is 32.7. The molecule has 4 rings (SSSR count). The zero-order valence-corrected chi connectivity index (χ0v) is 25.5. The van der Waals surface area contributed by atoms with E-state index in [2.05, 4.69) is 25.9 Å². The van der Waals surface area contributed by atoms with Crippen LogP contribution in [0, 0.1) is 0 Å². The van der Waals surface area contributed by atoms with Crippen LogP contribution >= 0.6 is 0 Å². The lowest BCUT2D eigenvalue weighted by Crippen LogP contribution is -2.27. The molecule has 0 saturated heterocycles. The third kappa shape index (κ3) is 8.70. The summed E-state index contributed by atoms with van der Waals surface area (Å²) in [5.41, 5.74) is 2.67. The van der Waals surface area contributed by atoms with Crippen LogP contribution in [0.15, 0.2) is 71.6 Å². The summed E-state index contributed by atoms with van der Waals surface area (Å²) in [6.07, 6.45) is 0. The molecule has 0 aliphatic carbocycles. The van der Waals surface area contributed by atoms with Crippen LogP contribution in [-0.4, -0.2) is 88.4 Å². The first-order valence-corrected chi connectivity index (χ1v) is 15.0. The van der Waals surface area contributed by atoms with Gasteiger partial charge in [-0.3, -0.25) is 9.59 Å². The van der Waals surface area contributed by atoms with Crippen LogP contribution in [0.2, 0.25) is 0 Å². The number of likely N-dealkylation sites (N-methyl/N-ethyl adjacent to an activating group) is 2. The van der Waals surface area contributed by atoms with E-state index in [0.29, 0.717) is 33.8 Å². The summed E-state index contributed by atoms with van der Waals surface area (Å²) in [5, 5.41) is 8.75. The zero-order valence-electron chi connectivity index (χ0n) is 24.7. The number of rotatable bonds is 12. The molecule has 0 fully saturated rings. The molecule has 43 heavy (non-hydrogen) atoms. The largest absolute Gasteiger partial charge is 0.497 e. The molecule has 3 aromatic carbocycles. The average Bonchev–Trinajstić information content (AvgIpc) is 2.92. The van der Waals surface area contributed by atoms with Gasteiger partial charge in [0.2, 0.25) is 11.8 Å². The van der Waals surface area contributed by atoms with E-state index in [-0.39, 0.29) is 41.3 Å². The maximum Gasteiger partial charge on any atom is 0.238 e. The number of fused-ring (bicyclic) bond motifs is 1. The third-order valence-electron chi connectivity index (χ3n) is 6.05. The van der Waals surface area contributed by atoms with Crippen LogP contribution in [0.4, 0.5) is 22.9 Å². The first-order chi connectivity index (χ1) is 20.4. The number of hydrogen-bond donors (Lipinski definition) is 3. The zero-order chi connectivity index (χ0) is 31.1. The lowest BCUT2D eigenvalue weighted by atomic mass is 10.2. The number of sulfone groups is 1.